The minimum absolute atomic E-state index is 0.0830. The lowest BCUT2D eigenvalue weighted by molar-refractivity contribution is 0.0343. The van der Waals surface area contributed by atoms with Crippen LogP contribution in [0.15, 0.2) is 24.3 Å². The predicted octanol–water partition coefficient (Wildman–Crippen LogP) is 2.26. The van der Waals surface area contributed by atoms with Crippen LogP contribution in [0.3, 0.4) is 0 Å². The molecule has 2 atom stereocenters. The van der Waals surface area contributed by atoms with Crippen molar-refractivity contribution < 1.29 is 14.2 Å². The van der Waals surface area contributed by atoms with Gasteiger partial charge >= 0.3 is 0 Å². The quantitative estimate of drug-likeness (QED) is 0.829. The van der Waals surface area contributed by atoms with E-state index in [1.54, 1.807) is 18.2 Å². The fourth-order valence-electron chi connectivity index (χ4n) is 1.89. The molecule has 2 unspecified atom stereocenters. The van der Waals surface area contributed by atoms with E-state index < -0.39 is 0 Å². The van der Waals surface area contributed by atoms with Crippen LogP contribution < -0.4 is 0 Å². The Morgan fingerprint density at radius 1 is 1.33 bits per heavy atom. The number of hydrogen-bond donors (Lipinski definition) is 1. The van der Waals surface area contributed by atoms with Gasteiger partial charge in [0, 0.05) is 5.56 Å². The van der Waals surface area contributed by atoms with Crippen LogP contribution in [0.2, 0.25) is 0 Å². The molecule has 0 heterocycles. The normalized spacial score (nSPS) is 25.7. The number of hydrogen-bond acceptors (Lipinski definition) is 2. The average Bonchev–Trinajstić information content (AvgIpc) is 2.63. The second kappa shape index (κ2) is 4.73. The van der Waals surface area contributed by atoms with Gasteiger partial charge in [-0.2, -0.15) is 0 Å². The van der Waals surface area contributed by atoms with Gasteiger partial charge in [-0.15, -0.1) is 0 Å². The largest absolute Gasteiger partial charge is 0.393 e. The topological polar surface area (TPSA) is 29.5 Å². The zero-order chi connectivity index (χ0) is 10.7. The van der Waals surface area contributed by atoms with E-state index in [1.165, 1.54) is 6.07 Å². The van der Waals surface area contributed by atoms with Crippen LogP contribution >= 0.6 is 0 Å². The SMILES string of the molecule is OC1CCC(OCc2ccccc2F)C1. The summed E-state index contributed by atoms with van der Waals surface area (Å²) >= 11 is 0. The molecule has 1 aliphatic rings. The highest BCUT2D eigenvalue weighted by Gasteiger charge is 2.23. The molecular formula is C12H15FO2. The Hall–Kier alpha value is -0.930. The van der Waals surface area contributed by atoms with Crippen molar-refractivity contribution in [2.75, 3.05) is 0 Å². The summed E-state index contributed by atoms with van der Waals surface area (Å²) in [5.74, 6) is -0.226. The molecule has 0 saturated heterocycles. The van der Waals surface area contributed by atoms with Crippen molar-refractivity contribution in [3.05, 3.63) is 35.6 Å². The van der Waals surface area contributed by atoms with Gasteiger partial charge in [-0.25, -0.2) is 4.39 Å². The smallest absolute Gasteiger partial charge is 0.128 e. The fourth-order valence-corrected chi connectivity index (χ4v) is 1.89. The molecule has 2 rings (SSSR count). The minimum Gasteiger partial charge on any atom is -0.393 e. The summed E-state index contributed by atoms with van der Waals surface area (Å²) in [6, 6.07) is 6.62. The molecule has 0 radical (unpaired) electrons. The van der Waals surface area contributed by atoms with E-state index in [-0.39, 0.29) is 18.0 Å². The highest BCUT2D eigenvalue weighted by atomic mass is 19.1. The van der Waals surface area contributed by atoms with Gasteiger partial charge in [0.25, 0.3) is 0 Å². The Bertz CT molecular complexity index is 327. The monoisotopic (exact) mass is 210 g/mol. The summed E-state index contributed by atoms with van der Waals surface area (Å²) in [5, 5.41) is 9.30. The highest BCUT2D eigenvalue weighted by Crippen LogP contribution is 2.23. The van der Waals surface area contributed by atoms with Crippen molar-refractivity contribution in [3.8, 4) is 0 Å². The third-order valence-electron chi connectivity index (χ3n) is 2.79. The van der Waals surface area contributed by atoms with Crippen LogP contribution in [-0.4, -0.2) is 17.3 Å². The van der Waals surface area contributed by atoms with Crippen LogP contribution in [0.1, 0.15) is 24.8 Å². The first-order valence-corrected chi connectivity index (χ1v) is 5.29. The number of rotatable bonds is 3. The summed E-state index contributed by atoms with van der Waals surface area (Å²) in [7, 11) is 0. The lowest BCUT2D eigenvalue weighted by Crippen LogP contribution is -2.10. The highest BCUT2D eigenvalue weighted by molar-refractivity contribution is 5.16. The zero-order valence-corrected chi connectivity index (χ0v) is 8.53. The predicted molar refractivity (Wildman–Crippen MR) is 54.8 cm³/mol. The number of ether oxygens (including phenoxy) is 1. The van der Waals surface area contributed by atoms with E-state index in [0.29, 0.717) is 18.6 Å². The molecule has 1 aromatic carbocycles. The molecule has 1 N–H and O–H groups in total. The van der Waals surface area contributed by atoms with E-state index in [9.17, 15) is 9.50 Å². The van der Waals surface area contributed by atoms with E-state index in [2.05, 4.69) is 0 Å². The summed E-state index contributed by atoms with van der Waals surface area (Å²) < 4.78 is 18.8. The molecule has 3 heteroatoms. The van der Waals surface area contributed by atoms with E-state index >= 15 is 0 Å². The average molecular weight is 210 g/mol. The van der Waals surface area contributed by atoms with Gasteiger partial charge in [0.2, 0.25) is 0 Å². The van der Waals surface area contributed by atoms with Crippen molar-refractivity contribution in [1.82, 2.24) is 0 Å². The van der Waals surface area contributed by atoms with Crippen molar-refractivity contribution in [1.29, 1.82) is 0 Å². The Balaban J connectivity index is 1.86. The molecule has 0 spiro atoms. The van der Waals surface area contributed by atoms with Crippen molar-refractivity contribution in [2.24, 2.45) is 0 Å². The molecule has 0 aliphatic heterocycles. The maximum absolute atomic E-state index is 13.2. The second-order valence-corrected chi connectivity index (χ2v) is 3.99. The lowest BCUT2D eigenvalue weighted by Gasteiger charge is -2.11. The first-order chi connectivity index (χ1) is 7.25. The molecule has 1 fully saturated rings. The van der Waals surface area contributed by atoms with Crippen LogP contribution in [0, 0.1) is 5.82 Å². The molecule has 1 aromatic rings. The molecule has 1 saturated carbocycles. The minimum atomic E-state index is -0.240. The number of aliphatic hydroxyl groups excluding tert-OH is 1. The molecule has 0 amide bonds. The third-order valence-corrected chi connectivity index (χ3v) is 2.79. The molecule has 0 aromatic heterocycles. The molecule has 0 bridgehead atoms. The van der Waals surface area contributed by atoms with Crippen molar-refractivity contribution in [2.45, 2.75) is 38.1 Å². The van der Waals surface area contributed by atoms with Crippen LogP contribution in [0.4, 0.5) is 4.39 Å². The van der Waals surface area contributed by atoms with Gasteiger partial charge in [-0.1, -0.05) is 18.2 Å². The van der Waals surface area contributed by atoms with Gasteiger partial charge in [-0.05, 0) is 25.3 Å². The Kier molecular flexibility index (Phi) is 3.34. The van der Waals surface area contributed by atoms with Gasteiger partial charge < -0.3 is 9.84 Å². The standard InChI is InChI=1S/C12H15FO2/c13-12-4-2-1-3-9(12)8-15-11-6-5-10(14)7-11/h1-4,10-11,14H,5-8H2. The second-order valence-electron chi connectivity index (χ2n) is 3.99. The van der Waals surface area contributed by atoms with Gasteiger partial charge in [0.1, 0.15) is 5.82 Å². The third kappa shape index (κ3) is 2.76. The number of halogens is 1. The Labute approximate surface area is 88.7 Å². The van der Waals surface area contributed by atoms with Gasteiger partial charge in [0.05, 0.1) is 18.8 Å². The summed E-state index contributed by atoms with van der Waals surface area (Å²) in [6.07, 6.45) is 2.18. The van der Waals surface area contributed by atoms with E-state index in [4.69, 9.17) is 4.74 Å². The van der Waals surface area contributed by atoms with Crippen LogP contribution in [0.25, 0.3) is 0 Å². The van der Waals surface area contributed by atoms with E-state index in [0.717, 1.165) is 12.8 Å². The first kappa shape index (κ1) is 10.6. The van der Waals surface area contributed by atoms with Crippen molar-refractivity contribution in [3.63, 3.8) is 0 Å². The molecule has 82 valence electrons. The fraction of sp³-hybridized carbons (Fsp3) is 0.500. The molecule has 15 heavy (non-hydrogen) atoms. The summed E-state index contributed by atoms with van der Waals surface area (Å²) in [6.45, 7) is 0.296. The maximum atomic E-state index is 13.2. The van der Waals surface area contributed by atoms with Crippen LogP contribution in [0.5, 0.6) is 0 Å². The Morgan fingerprint density at radius 3 is 2.80 bits per heavy atom. The first-order valence-electron chi connectivity index (χ1n) is 5.29. The lowest BCUT2D eigenvalue weighted by atomic mass is 10.2. The Morgan fingerprint density at radius 2 is 2.13 bits per heavy atom. The van der Waals surface area contributed by atoms with E-state index in [1.807, 2.05) is 0 Å². The maximum Gasteiger partial charge on any atom is 0.128 e. The molecule has 1 aliphatic carbocycles. The number of aliphatic hydroxyl groups is 1. The van der Waals surface area contributed by atoms with Gasteiger partial charge in [-0.3, -0.25) is 0 Å². The molecule has 2 nitrogen and oxygen atoms in total. The zero-order valence-electron chi connectivity index (χ0n) is 8.53. The number of benzene rings is 1. The van der Waals surface area contributed by atoms with Gasteiger partial charge in [0.15, 0.2) is 0 Å². The summed E-state index contributed by atoms with van der Waals surface area (Å²) in [5.41, 5.74) is 0.582. The van der Waals surface area contributed by atoms with Crippen LogP contribution in [-0.2, 0) is 11.3 Å². The van der Waals surface area contributed by atoms with Crippen molar-refractivity contribution >= 4 is 0 Å². The molecular weight excluding hydrogens is 195 g/mol. The summed E-state index contributed by atoms with van der Waals surface area (Å²) in [4.78, 5) is 0.